The summed E-state index contributed by atoms with van der Waals surface area (Å²) in [5.41, 5.74) is 6.12. The van der Waals surface area contributed by atoms with Gasteiger partial charge in [0.15, 0.2) is 5.65 Å². The predicted molar refractivity (Wildman–Crippen MR) is 128 cm³/mol. The Morgan fingerprint density at radius 1 is 0.935 bits per heavy atom. The minimum atomic E-state index is 0.651. The summed E-state index contributed by atoms with van der Waals surface area (Å²) < 4.78 is 0. The molecule has 1 saturated heterocycles. The number of fused-ring (bicyclic) bond motifs is 1. The van der Waals surface area contributed by atoms with Crippen molar-refractivity contribution in [3.05, 3.63) is 75.9 Å². The SMILES string of the molecule is Cc1ccc(-c2nc3ncc(Cl)c(N4CCN(Cc5ccc(Cl)cc5)CC4)c3[nH]2)cc1. The van der Waals surface area contributed by atoms with Gasteiger partial charge in [-0.3, -0.25) is 4.90 Å². The Labute approximate surface area is 191 Å². The Kier molecular flexibility index (Phi) is 5.57. The number of hydrogen-bond acceptors (Lipinski definition) is 4. The van der Waals surface area contributed by atoms with E-state index in [1.807, 2.05) is 12.1 Å². The van der Waals surface area contributed by atoms with Gasteiger partial charge in [-0.05, 0) is 24.6 Å². The van der Waals surface area contributed by atoms with Gasteiger partial charge in [-0.15, -0.1) is 0 Å². The molecule has 5 rings (SSSR count). The lowest BCUT2D eigenvalue weighted by Gasteiger charge is -2.36. The number of benzene rings is 2. The van der Waals surface area contributed by atoms with E-state index < -0.39 is 0 Å². The monoisotopic (exact) mass is 451 g/mol. The van der Waals surface area contributed by atoms with E-state index in [9.17, 15) is 0 Å². The topological polar surface area (TPSA) is 48.1 Å². The first-order valence-electron chi connectivity index (χ1n) is 10.4. The summed E-state index contributed by atoms with van der Waals surface area (Å²) >= 11 is 12.6. The number of halogens is 2. The normalized spacial score (nSPS) is 15.0. The molecule has 1 N–H and O–H groups in total. The van der Waals surface area contributed by atoms with E-state index in [0.717, 1.165) is 60.3 Å². The number of nitrogens with zero attached hydrogens (tertiary/aromatic N) is 4. The van der Waals surface area contributed by atoms with Crippen LogP contribution in [0.25, 0.3) is 22.6 Å². The second-order valence-corrected chi connectivity index (χ2v) is 8.84. The van der Waals surface area contributed by atoms with Crippen molar-refractivity contribution in [2.24, 2.45) is 0 Å². The van der Waals surface area contributed by atoms with E-state index in [2.05, 4.69) is 63.1 Å². The van der Waals surface area contributed by atoms with Crippen molar-refractivity contribution in [1.29, 1.82) is 0 Å². The first kappa shape index (κ1) is 20.3. The van der Waals surface area contributed by atoms with Gasteiger partial charge < -0.3 is 9.88 Å². The Balaban J connectivity index is 1.37. The highest BCUT2D eigenvalue weighted by Crippen LogP contribution is 2.34. The standard InChI is InChI=1S/C24H23Cl2N5/c1-16-2-6-18(7-3-16)23-28-21-22(20(26)14-27-24(21)29-23)31-12-10-30(11-13-31)15-17-4-8-19(25)9-5-17/h2-9,14H,10-13,15H2,1H3,(H,27,28,29). The molecule has 0 bridgehead atoms. The average Bonchev–Trinajstić information content (AvgIpc) is 3.21. The molecule has 2 aromatic carbocycles. The van der Waals surface area contributed by atoms with Gasteiger partial charge in [0.05, 0.1) is 16.9 Å². The Morgan fingerprint density at radius 2 is 1.65 bits per heavy atom. The van der Waals surface area contributed by atoms with Gasteiger partial charge in [0.25, 0.3) is 0 Å². The molecule has 2 aromatic heterocycles. The summed E-state index contributed by atoms with van der Waals surface area (Å²) in [5.74, 6) is 0.812. The molecule has 5 nitrogen and oxygen atoms in total. The number of aryl methyl sites for hydroxylation is 1. The fourth-order valence-electron chi connectivity index (χ4n) is 4.06. The molecule has 3 heterocycles. The molecule has 1 aliphatic rings. The van der Waals surface area contributed by atoms with E-state index >= 15 is 0 Å². The maximum Gasteiger partial charge on any atom is 0.180 e. The van der Waals surface area contributed by atoms with E-state index in [4.69, 9.17) is 28.2 Å². The molecule has 0 saturated carbocycles. The Bertz CT molecular complexity index is 1190. The molecule has 158 valence electrons. The predicted octanol–water partition coefficient (Wildman–Crippen LogP) is 5.56. The molecule has 0 amide bonds. The minimum Gasteiger partial charge on any atom is -0.366 e. The molecular formula is C24H23Cl2N5. The van der Waals surface area contributed by atoms with Crippen molar-refractivity contribution < 1.29 is 0 Å². The average molecular weight is 452 g/mol. The van der Waals surface area contributed by atoms with Crippen LogP contribution in [0.4, 0.5) is 5.69 Å². The molecule has 1 fully saturated rings. The number of rotatable bonds is 4. The largest absolute Gasteiger partial charge is 0.366 e. The molecule has 0 radical (unpaired) electrons. The van der Waals surface area contributed by atoms with Crippen LogP contribution in [0.1, 0.15) is 11.1 Å². The van der Waals surface area contributed by atoms with Crippen molar-refractivity contribution in [3.63, 3.8) is 0 Å². The summed E-state index contributed by atoms with van der Waals surface area (Å²) in [6.45, 7) is 6.71. The molecule has 1 aliphatic heterocycles. The van der Waals surface area contributed by atoms with Crippen molar-refractivity contribution in [3.8, 4) is 11.4 Å². The number of anilines is 1. The number of nitrogens with one attached hydrogen (secondary N) is 1. The molecule has 0 unspecified atom stereocenters. The Hall–Kier alpha value is -2.60. The van der Waals surface area contributed by atoms with Gasteiger partial charge in [-0.25, -0.2) is 9.97 Å². The molecule has 0 aliphatic carbocycles. The highest BCUT2D eigenvalue weighted by atomic mass is 35.5. The van der Waals surface area contributed by atoms with Crippen molar-refractivity contribution in [2.75, 3.05) is 31.1 Å². The zero-order valence-corrected chi connectivity index (χ0v) is 18.8. The summed E-state index contributed by atoms with van der Waals surface area (Å²) in [7, 11) is 0. The van der Waals surface area contributed by atoms with Crippen molar-refractivity contribution >= 4 is 40.1 Å². The number of hydrogen-bond donors (Lipinski definition) is 1. The van der Waals surface area contributed by atoms with Gasteiger partial charge >= 0.3 is 0 Å². The lowest BCUT2D eigenvalue weighted by atomic mass is 10.1. The smallest absolute Gasteiger partial charge is 0.180 e. The number of aromatic nitrogens is 3. The summed E-state index contributed by atoms with van der Waals surface area (Å²) in [6, 6.07) is 16.4. The second kappa shape index (κ2) is 8.50. The number of piperazine rings is 1. The molecule has 4 aromatic rings. The highest BCUT2D eigenvalue weighted by molar-refractivity contribution is 6.34. The maximum atomic E-state index is 6.62. The van der Waals surface area contributed by atoms with Crippen LogP contribution in [0.2, 0.25) is 10.0 Å². The Morgan fingerprint density at radius 3 is 2.35 bits per heavy atom. The van der Waals surface area contributed by atoms with Crippen molar-refractivity contribution in [1.82, 2.24) is 19.9 Å². The van der Waals surface area contributed by atoms with Crippen LogP contribution < -0.4 is 4.90 Å². The van der Waals surface area contributed by atoms with E-state index in [-0.39, 0.29) is 0 Å². The van der Waals surface area contributed by atoms with Gasteiger partial charge in [0.2, 0.25) is 0 Å². The zero-order valence-electron chi connectivity index (χ0n) is 17.3. The van der Waals surface area contributed by atoms with Crippen LogP contribution in [-0.4, -0.2) is 46.0 Å². The first-order valence-corrected chi connectivity index (χ1v) is 11.2. The third-order valence-corrected chi connectivity index (χ3v) is 6.31. The number of imidazole rings is 1. The molecule has 31 heavy (non-hydrogen) atoms. The fourth-order valence-corrected chi connectivity index (χ4v) is 4.44. The second-order valence-electron chi connectivity index (χ2n) is 7.99. The quantitative estimate of drug-likeness (QED) is 0.440. The van der Waals surface area contributed by atoms with Crippen LogP contribution in [0.5, 0.6) is 0 Å². The number of aromatic amines is 1. The number of H-pyrrole nitrogens is 1. The van der Waals surface area contributed by atoms with Crippen LogP contribution >= 0.6 is 23.2 Å². The summed E-state index contributed by atoms with van der Waals surface area (Å²) in [6.07, 6.45) is 1.71. The molecule has 0 spiro atoms. The summed E-state index contributed by atoms with van der Waals surface area (Å²) in [5, 5.41) is 1.42. The summed E-state index contributed by atoms with van der Waals surface area (Å²) in [4.78, 5) is 17.4. The van der Waals surface area contributed by atoms with Gasteiger partial charge in [0.1, 0.15) is 11.3 Å². The third kappa shape index (κ3) is 4.26. The molecule has 0 atom stereocenters. The van der Waals surface area contributed by atoms with E-state index in [1.165, 1.54) is 11.1 Å². The first-order chi connectivity index (χ1) is 15.1. The minimum absolute atomic E-state index is 0.651. The maximum absolute atomic E-state index is 6.62. The van der Waals surface area contributed by atoms with Gasteiger partial charge in [-0.1, -0.05) is 65.2 Å². The van der Waals surface area contributed by atoms with Crippen LogP contribution in [0, 0.1) is 6.92 Å². The molecular weight excluding hydrogens is 429 g/mol. The van der Waals surface area contributed by atoms with Crippen LogP contribution in [0.15, 0.2) is 54.7 Å². The highest BCUT2D eigenvalue weighted by Gasteiger charge is 2.23. The van der Waals surface area contributed by atoms with Crippen LogP contribution in [-0.2, 0) is 6.54 Å². The number of pyridine rings is 1. The zero-order chi connectivity index (χ0) is 21.4. The van der Waals surface area contributed by atoms with E-state index in [1.54, 1.807) is 6.20 Å². The molecule has 7 heteroatoms. The van der Waals surface area contributed by atoms with Gasteiger partial charge in [-0.2, -0.15) is 0 Å². The van der Waals surface area contributed by atoms with Crippen LogP contribution in [0.3, 0.4) is 0 Å². The van der Waals surface area contributed by atoms with Gasteiger partial charge in [0, 0.05) is 43.3 Å². The fraction of sp³-hybridized carbons (Fsp3) is 0.250. The lowest BCUT2D eigenvalue weighted by Crippen LogP contribution is -2.46. The third-order valence-electron chi connectivity index (χ3n) is 5.78. The van der Waals surface area contributed by atoms with E-state index in [0.29, 0.717) is 10.7 Å². The van der Waals surface area contributed by atoms with Crippen molar-refractivity contribution in [2.45, 2.75) is 13.5 Å². The lowest BCUT2D eigenvalue weighted by molar-refractivity contribution is 0.250.